The first-order chi connectivity index (χ1) is 18.4. The SMILES string of the molecule is COC(=O)C[C@H](NC(=O)[C@@H]1CCCN(C(=O)CCC2CCN(C(=O)O)C(C(C)(C)C)C2)C1)c1cncc(O)c1. The van der Waals surface area contributed by atoms with Crippen LogP contribution in [0.2, 0.25) is 0 Å². The summed E-state index contributed by atoms with van der Waals surface area (Å²) in [5.41, 5.74) is 0.300. The molecule has 4 atom stereocenters. The van der Waals surface area contributed by atoms with Crippen LogP contribution in [0.1, 0.15) is 77.3 Å². The van der Waals surface area contributed by atoms with Crippen molar-refractivity contribution in [3.63, 3.8) is 0 Å². The van der Waals surface area contributed by atoms with Crippen LogP contribution < -0.4 is 5.32 Å². The van der Waals surface area contributed by atoms with Crippen LogP contribution >= 0.6 is 0 Å². The molecule has 1 aromatic rings. The van der Waals surface area contributed by atoms with Crippen molar-refractivity contribution in [2.45, 2.75) is 77.8 Å². The highest BCUT2D eigenvalue weighted by Crippen LogP contribution is 2.36. The number of aromatic hydroxyl groups is 1. The van der Waals surface area contributed by atoms with Gasteiger partial charge in [-0.05, 0) is 55.1 Å². The summed E-state index contributed by atoms with van der Waals surface area (Å²) < 4.78 is 4.77. The van der Waals surface area contributed by atoms with Gasteiger partial charge in [0.15, 0.2) is 0 Å². The molecule has 0 aliphatic carbocycles. The number of pyridine rings is 1. The fraction of sp³-hybridized carbons (Fsp3) is 0.679. The summed E-state index contributed by atoms with van der Waals surface area (Å²) in [5, 5.41) is 22.3. The number of hydrogen-bond donors (Lipinski definition) is 3. The molecule has 2 fully saturated rings. The zero-order valence-electron chi connectivity index (χ0n) is 23.4. The monoisotopic (exact) mass is 546 g/mol. The second-order valence-electron chi connectivity index (χ2n) is 11.8. The molecule has 0 saturated carbocycles. The van der Waals surface area contributed by atoms with E-state index in [1.54, 1.807) is 4.90 Å². The fourth-order valence-electron chi connectivity index (χ4n) is 5.68. The Morgan fingerprint density at radius 3 is 2.56 bits per heavy atom. The summed E-state index contributed by atoms with van der Waals surface area (Å²) in [6, 6.07) is 0.637. The number of esters is 1. The minimum absolute atomic E-state index is 0.00349. The third-order valence-corrected chi connectivity index (χ3v) is 7.93. The van der Waals surface area contributed by atoms with Crippen molar-refractivity contribution in [1.29, 1.82) is 0 Å². The number of nitrogens with zero attached hydrogens (tertiary/aromatic N) is 3. The number of carbonyl (C=O) groups is 4. The van der Waals surface area contributed by atoms with Crippen LogP contribution in [-0.2, 0) is 19.1 Å². The van der Waals surface area contributed by atoms with Gasteiger partial charge < -0.3 is 30.1 Å². The van der Waals surface area contributed by atoms with Gasteiger partial charge >= 0.3 is 12.1 Å². The number of hydrogen-bond acceptors (Lipinski definition) is 7. The number of ether oxygens (including phenoxy) is 1. The Morgan fingerprint density at radius 2 is 1.92 bits per heavy atom. The Kier molecular flexibility index (Phi) is 10.2. The number of rotatable bonds is 8. The lowest BCUT2D eigenvalue weighted by atomic mass is 9.76. The first-order valence-corrected chi connectivity index (χ1v) is 13.7. The van der Waals surface area contributed by atoms with E-state index in [2.05, 4.69) is 10.3 Å². The molecule has 2 aliphatic rings. The Labute approximate surface area is 229 Å². The van der Waals surface area contributed by atoms with E-state index in [1.165, 1.54) is 30.5 Å². The predicted octanol–water partition coefficient (Wildman–Crippen LogP) is 3.33. The normalized spacial score (nSPS) is 22.6. The van der Waals surface area contributed by atoms with E-state index in [1.807, 2.05) is 20.8 Å². The lowest BCUT2D eigenvalue weighted by Gasteiger charge is -2.44. The average Bonchev–Trinajstić information content (AvgIpc) is 2.90. The van der Waals surface area contributed by atoms with Crippen molar-refractivity contribution in [1.82, 2.24) is 20.1 Å². The van der Waals surface area contributed by atoms with Gasteiger partial charge in [-0.3, -0.25) is 19.4 Å². The highest BCUT2D eigenvalue weighted by molar-refractivity contribution is 5.82. The molecule has 0 bridgehead atoms. The Balaban J connectivity index is 1.57. The van der Waals surface area contributed by atoms with E-state index in [0.717, 1.165) is 12.8 Å². The van der Waals surface area contributed by atoms with Gasteiger partial charge in [-0.2, -0.15) is 0 Å². The second-order valence-corrected chi connectivity index (χ2v) is 11.8. The van der Waals surface area contributed by atoms with Gasteiger partial charge in [0, 0.05) is 38.3 Å². The van der Waals surface area contributed by atoms with Gasteiger partial charge in [0.25, 0.3) is 0 Å². The van der Waals surface area contributed by atoms with Gasteiger partial charge in [-0.15, -0.1) is 0 Å². The summed E-state index contributed by atoms with van der Waals surface area (Å²) in [6.07, 6.45) is 5.60. The topological polar surface area (TPSA) is 149 Å². The maximum atomic E-state index is 13.2. The van der Waals surface area contributed by atoms with Crippen molar-refractivity contribution < 1.29 is 34.1 Å². The molecule has 11 heteroatoms. The lowest BCUT2D eigenvalue weighted by Crippen LogP contribution is -2.51. The van der Waals surface area contributed by atoms with Gasteiger partial charge in [-0.1, -0.05) is 20.8 Å². The number of carboxylic acid groups (broad SMARTS) is 1. The Hall–Kier alpha value is -3.37. The van der Waals surface area contributed by atoms with E-state index in [-0.39, 0.29) is 41.4 Å². The quantitative estimate of drug-likeness (QED) is 0.420. The summed E-state index contributed by atoms with van der Waals surface area (Å²) in [4.78, 5) is 57.2. The van der Waals surface area contributed by atoms with Gasteiger partial charge in [0.05, 0.1) is 31.7 Å². The number of aromatic nitrogens is 1. The van der Waals surface area contributed by atoms with Crippen molar-refractivity contribution >= 4 is 23.9 Å². The molecule has 2 saturated heterocycles. The molecule has 0 radical (unpaired) electrons. The summed E-state index contributed by atoms with van der Waals surface area (Å²) >= 11 is 0. The molecule has 2 aliphatic heterocycles. The van der Waals surface area contributed by atoms with Gasteiger partial charge in [0.1, 0.15) is 5.75 Å². The first kappa shape index (κ1) is 30.2. The molecular weight excluding hydrogens is 504 g/mol. The van der Waals surface area contributed by atoms with Crippen LogP contribution in [-0.4, -0.2) is 81.7 Å². The molecule has 39 heavy (non-hydrogen) atoms. The fourth-order valence-corrected chi connectivity index (χ4v) is 5.68. The first-order valence-electron chi connectivity index (χ1n) is 13.7. The highest BCUT2D eigenvalue weighted by atomic mass is 16.5. The maximum Gasteiger partial charge on any atom is 0.407 e. The number of likely N-dealkylation sites (tertiary alicyclic amines) is 2. The van der Waals surface area contributed by atoms with Crippen LogP contribution in [0.15, 0.2) is 18.5 Å². The van der Waals surface area contributed by atoms with E-state index < -0.39 is 24.0 Å². The summed E-state index contributed by atoms with van der Waals surface area (Å²) in [5.74, 6) is -0.993. The third-order valence-electron chi connectivity index (χ3n) is 7.93. The maximum absolute atomic E-state index is 13.2. The minimum Gasteiger partial charge on any atom is -0.506 e. The molecule has 0 aromatic carbocycles. The van der Waals surface area contributed by atoms with E-state index in [9.17, 15) is 29.4 Å². The molecule has 2 unspecified atom stereocenters. The zero-order valence-corrected chi connectivity index (χ0v) is 23.4. The third kappa shape index (κ3) is 8.31. The molecule has 0 spiro atoms. The second kappa shape index (κ2) is 13.1. The van der Waals surface area contributed by atoms with Crippen LogP contribution in [0, 0.1) is 17.3 Å². The largest absolute Gasteiger partial charge is 0.506 e. The molecule has 3 N–H and O–H groups in total. The van der Waals surface area contributed by atoms with Crippen molar-refractivity contribution in [2.75, 3.05) is 26.7 Å². The van der Waals surface area contributed by atoms with Crippen molar-refractivity contribution in [3.05, 3.63) is 24.0 Å². The van der Waals surface area contributed by atoms with E-state index in [4.69, 9.17) is 4.74 Å². The molecule has 216 valence electrons. The number of nitrogens with one attached hydrogen (secondary N) is 1. The van der Waals surface area contributed by atoms with Gasteiger partial charge in [-0.25, -0.2) is 4.79 Å². The van der Waals surface area contributed by atoms with Crippen LogP contribution in [0.25, 0.3) is 0 Å². The smallest absolute Gasteiger partial charge is 0.407 e. The predicted molar refractivity (Wildman–Crippen MR) is 143 cm³/mol. The molecule has 3 amide bonds. The Bertz CT molecular complexity index is 1040. The summed E-state index contributed by atoms with van der Waals surface area (Å²) in [6.45, 7) is 7.51. The summed E-state index contributed by atoms with van der Waals surface area (Å²) in [7, 11) is 1.27. The van der Waals surface area contributed by atoms with Crippen molar-refractivity contribution in [2.24, 2.45) is 17.3 Å². The number of carbonyl (C=O) groups excluding carboxylic acids is 3. The van der Waals surface area contributed by atoms with E-state index >= 15 is 0 Å². The lowest BCUT2D eigenvalue weighted by molar-refractivity contribution is -0.141. The molecule has 11 nitrogen and oxygen atoms in total. The van der Waals surface area contributed by atoms with E-state index in [0.29, 0.717) is 50.9 Å². The molecular formula is C28H42N4O7. The van der Waals surface area contributed by atoms with Crippen LogP contribution in [0.4, 0.5) is 4.79 Å². The molecule has 1 aromatic heterocycles. The van der Waals surface area contributed by atoms with Crippen LogP contribution in [0.5, 0.6) is 5.75 Å². The Morgan fingerprint density at radius 1 is 1.18 bits per heavy atom. The molecule has 3 heterocycles. The zero-order chi connectivity index (χ0) is 28.7. The number of amides is 3. The van der Waals surface area contributed by atoms with Crippen LogP contribution in [0.3, 0.4) is 0 Å². The average molecular weight is 547 g/mol. The van der Waals surface area contributed by atoms with Crippen molar-refractivity contribution in [3.8, 4) is 5.75 Å². The van der Waals surface area contributed by atoms with Gasteiger partial charge in [0.2, 0.25) is 11.8 Å². The standard InChI is InChI=1S/C28H42N4O7/c1-28(2,3)23-12-18(9-11-32(23)27(37)38)7-8-24(34)31-10-5-6-19(17-31)26(36)30-22(14-25(35)39-4)20-13-21(33)16-29-15-20/h13,15-16,18-19,22-23,33H,5-12,14,17H2,1-4H3,(H,30,36)(H,37,38)/t18?,19-,22+,23?/m1/s1. The highest BCUT2D eigenvalue weighted by Gasteiger charge is 2.39. The number of piperidine rings is 2. The number of methoxy groups -OCH3 is 1. The molecule has 3 rings (SSSR count). The minimum atomic E-state index is -0.892.